The highest BCUT2D eigenvalue weighted by Gasteiger charge is 2.13. The summed E-state index contributed by atoms with van der Waals surface area (Å²) < 4.78 is 13.0. The van der Waals surface area contributed by atoms with Crippen LogP contribution in [0.1, 0.15) is 32.8 Å². The number of rotatable bonds is 6. The number of halogens is 1. The summed E-state index contributed by atoms with van der Waals surface area (Å²) in [6, 6.07) is 6.25. The molecule has 0 radical (unpaired) electrons. The molecule has 0 fully saturated rings. The third kappa shape index (κ3) is 4.84. The van der Waals surface area contributed by atoms with Gasteiger partial charge < -0.3 is 10.6 Å². The monoisotopic (exact) mass is 252 g/mol. The molecule has 2 atom stereocenters. The van der Waals surface area contributed by atoms with Crippen molar-refractivity contribution in [2.45, 2.75) is 45.8 Å². The minimum Gasteiger partial charge on any atom is -0.352 e. The van der Waals surface area contributed by atoms with E-state index in [1.165, 1.54) is 12.1 Å². The Balaban J connectivity index is 2.41. The van der Waals surface area contributed by atoms with Crippen molar-refractivity contribution >= 4 is 5.91 Å². The van der Waals surface area contributed by atoms with Gasteiger partial charge in [0.25, 0.3) is 0 Å². The highest BCUT2D eigenvalue weighted by Crippen LogP contribution is 2.03. The molecule has 3 nitrogen and oxygen atoms in total. The van der Waals surface area contributed by atoms with Gasteiger partial charge in [0, 0.05) is 12.6 Å². The Labute approximate surface area is 108 Å². The van der Waals surface area contributed by atoms with E-state index in [4.69, 9.17) is 0 Å². The molecule has 0 saturated heterocycles. The van der Waals surface area contributed by atoms with Gasteiger partial charge in [-0.15, -0.1) is 0 Å². The fourth-order valence-corrected chi connectivity index (χ4v) is 1.48. The van der Waals surface area contributed by atoms with E-state index in [9.17, 15) is 9.18 Å². The number of carbonyl (C=O) groups is 1. The van der Waals surface area contributed by atoms with Gasteiger partial charge in [0.15, 0.2) is 0 Å². The summed E-state index contributed by atoms with van der Waals surface area (Å²) >= 11 is 0. The lowest BCUT2D eigenvalue weighted by Gasteiger charge is -2.17. The van der Waals surface area contributed by atoms with Crippen molar-refractivity contribution in [1.29, 1.82) is 0 Å². The first kappa shape index (κ1) is 14.6. The molecule has 0 aromatic heterocycles. The fraction of sp³-hybridized carbons (Fsp3) is 0.500. The SMILES string of the molecule is CCC(C)NC(=O)C(C)NCc1cccc(F)c1. The second-order valence-electron chi connectivity index (χ2n) is 4.55. The van der Waals surface area contributed by atoms with Crippen molar-refractivity contribution in [3.63, 3.8) is 0 Å². The molecule has 0 heterocycles. The molecule has 18 heavy (non-hydrogen) atoms. The molecule has 4 heteroatoms. The number of nitrogens with one attached hydrogen (secondary N) is 2. The minimum absolute atomic E-state index is 0.0271. The highest BCUT2D eigenvalue weighted by atomic mass is 19.1. The highest BCUT2D eigenvalue weighted by molar-refractivity contribution is 5.81. The van der Waals surface area contributed by atoms with Crippen molar-refractivity contribution in [3.05, 3.63) is 35.6 Å². The van der Waals surface area contributed by atoms with Crippen LogP contribution in [0, 0.1) is 5.82 Å². The van der Waals surface area contributed by atoms with E-state index in [-0.39, 0.29) is 23.8 Å². The Morgan fingerprint density at radius 3 is 2.72 bits per heavy atom. The molecule has 2 unspecified atom stereocenters. The smallest absolute Gasteiger partial charge is 0.237 e. The van der Waals surface area contributed by atoms with Crippen LogP contribution in [0.2, 0.25) is 0 Å². The Morgan fingerprint density at radius 1 is 1.39 bits per heavy atom. The predicted octanol–water partition coefficient (Wildman–Crippen LogP) is 2.22. The molecule has 0 aliphatic carbocycles. The first-order chi connectivity index (χ1) is 8.52. The van der Waals surface area contributed by atoms with Crippen molar-refractivity contribution < 1.29 is 9.18 Å². The van der Waals surface area contributed by atoms with Gasteiger partial charge in [0.05, 0.1) is 6.04 Å². The molecule has 0 aliphatic rings. The summed E-state index contributed by atoms with van der Waals surface area (Å²) in [5.74, 6) is -0.285. The van der Waals surface area contributed by atoms with Crippen LogP contribution >= 0.6 is 0 Å². The first-order valence-electron chi connectivity index (χ1n) is 6.31. The first-order valence-corrected chi connectivity index (χ1v) is 6.31. The van der Waals surface area contributed by atoms with Crippen molar-refractivity contribution in [1.82, 2.24) is 10.6 Å². The van der Waals surface area contributed by atoms with E-state index in [0.717, 1.165) is 12.0 Å². The Morgan fingerprint density at radius 2 is 2.11 bits per heavy atom. The lowest BCUT2D eigenvalue weighted by Crippen LogP contribution is -2.45. The molecule has 1 rings (SSSR count). The molecule has 0 saturated carbocycles. The summed E-state index contributed by atoms with van der Waals surface area (Å²) in [4.78, 5) is 11.8. The predicted molar refractivity (Wildman–Crippen MR) is 70.6 cm³/mol. The summed E-state index contributed by atoms with van der Waals surface area (Å²) in [5, 5.41) is 5.98. The Kier molecular flexibility index (Phi) is 5.78. The Hall–Kier alpha value is -1.42. The van der Waals surface area contributed by atoms with Crippen LogP contribution in [0.5, 0.6) is 0 Å². The van der Waals surface area contributed by atoms with E-state index in [1.807, 2.05) is 19.9 Å². The van der Waals surface area contributed by atoms with Gasteiger partial charge in [0.1, 0.15) is 5.82 Å². The average Bonchev–Trinajstić information content (AvgIpc) is 2.35. The molecular weight excluding hydrogens is 231 g/mol. The van der Waals surface area contributed by atoms with Gasteiger partial charge in [-0.25, -0.2) is 4.39 Å². The van der Waals surface area contributed by atoms with E-state index < -0.39 is 0 Å². The number of hydrogen-bond donors (Lipinski definition) is 2. The molecule has 100 valence electrons. The van der Waals surface area contributed by atoms with E-state index >= 15 is 0 Å². The summed E-state index contributed by atoms with van der Waals surface area (Å²) in [6.07, 6.45) is 0.905. The van der Waals surface area contributed by atoms with Crippen molar-refractivity contribution in [2.75, 3.05) is 0 Å². The van der Waals surface area contributed by atoms with Crippen LogP contribution in [-0.4, -0.2) is 18.0 Å². The van der Waals surface area contributed by atoms with E-state index in [1.54, 1.807) is 13.0 Å². The quantitative estimate of drug-likeness (QED) is 0.815. The van der Waals surface area contributed by atoms with E-state index in [2.05, 4.69) is 10.6 Å². The summed E-state index contributed by atoms with van der Waals surface area (Å²) in [7, 11) is 0. The molecule has 1 aromatic rings. The second kappa shape index (κ2) is 7.11. The summed E-state index contributed by atoms with van der Waals surface area (Å²) in [5.41, 5.74) is 0.832. The molecule has 0 bridgehead atoms. The van der Waals surface area contributed by atoms with Crippen LogP contribution in [0.4, 0.5) is 4.39 Å². The van der Waals surface area contributed by atoms with Gasteiger partial charge >= 0.3 is 0 Å². The van der Waals surface area contributed by atoms with Crippen LogP contribution in [0.3, 0.4) is 0 Å². The van der Waals surface area contributed by atoms with Gasteiger partial charge in [-0.1, -0.05) is 19.1 Å². The summed E-state index contributed by atoms with van der Waals surface area (Å²) in [6.45, 7) is 6.27. The Bertz CT molecular complexity index is 395. The lowest BCUT2D eigenvalue weighted by molar-refractivity contribution is -0.123. The lowest BCUT2D eigenvalue weighted by atomic mass is 10.2. The number of carbonyl (C=O) groups excluding carboxylic acids is 1. The molecule has 0 aliphatic heterocycles. The zero-order chi connectivity index (χ0) is 13.5. The zero-order valence-electron chi connectivity index (χ0n) is 11.2. The van der Waals surface area contributed by atoms with Crippen LogP contribution < -0.4 is 10.6 Å². The van der Waals surface area contributed by atoms with Gasteiger partial charge in [0.2, 0.25) is 5.91 Å². The van der Waals surface area contributed by atoms with Crippen molar-refractivity contribution in [2.24, 2.45) is 0 Å². The maximum atomic E-state index is 13.0. The largest absolute Gasteiger partial charge is 0.352 e. The van der Waals surface area contributed by atoms with Crippen LogP contribution in [0.25, 0.3) is 0 Å². The third-order valence-electron chi connectivity index (χ3n) is 2.90. The second-order valence-corrected chi connectivity index (χ2v) is 4.55. The fourth-order valence-electron chi connectivity index (χ4n) is 1.48. The average molecular weight is 252 g/mol. The standard InChI is InChI=1S/C14H21FN2O/c1-4-10(2)17-14(18)11(3)16-9-12-6-5-7-13(15)8-12/h5-8,10-11,16H,4,9H2,1-3H3,(H,17,18). The maximum Gasteiger partial charge on any atom is 0.237 e. The molecule has 1 amide bonds. The number of hydrogen-bond acceptors (Lipinski definition) is 2. The maximum absolute atomic E-state index is 13.0. The number of benzene rings is 1. The molecule has 1 aromatic carbocycles. The topological polar surface area (TPSA) is 41.1 Å². The minimum atomic E-state index is -0.290. The number of amides is 1. The van der Waals surface area contributed by atoms with Crippen LogP contribution in [0.15, 0.2) is 24.3 Å². The van der Waals surface area contributed by atoms with Gasteiger partial charge in [-0.2, -0.15) is 0 Å². The van der Waals surface area contributed by atoms with E-state index in [0.29, 0.717) is 6.54 Å². The molecular formula is C14H21FN2O. The van der Waals surface area contributed by atoms with Crippen LogP contribution in [-0.2, 0) is 11.3 Å². The zero-order valence-corrected chi connectivity index (χ0v) is 11.2. The molecule has 0 spiro atoms. The third-order valence-corrected chi connectivity index (χ3v) is 2.90. The normalized spacial score (nSPS) is 14.0. The van der Waals surface area contributed by atoms with Gasteiger partial charge in [-0.3, -0.25) is 4.79 Å². The van der Waals surface area contributed by atoms with Crippen molar-refractivity contribution in [3.8, 4) is 0 Å². The van der Waals surface area contributed by atoms with Gasteiger partial charge in [-0.05, 0) is 38.0 Å². The molecule has 2 N–H and O–H groups in total.